The average molecular weight is 586 g/mol. The summed E-state index contributed by atoms with van der Waals surface area (Å²) in [5, 5.41) is 20.5. The molecule has 0 radical (unpaired) electrons. The molecule has 3 aromatic carbocycles. The van der Waals surface area contributed by atoms with Crippen LogP contribution < -0.4 is 15.4 Å². The second-order valence-electron chi connectivity index (χ2n) is 11.0. The van der Waals surface area contributed by atoms with Gasteiger partial charge in [0.05, 0.1) is 6.61 Å². The number of unbranched alkanes of at least 4 members (excludes halogenated alkanes) is 4. The number of aromatic nitrogens is 1. The van der Waals surface area contributed by atoms with Crippen LogP contribution in [0.25, 0.3) is 22.1 Å². The average Bonchev–Trinajstić information content (AvgIpc) is 3.49. The molecule has 1 aromatic heterocycles. The van der Waals surface area contributed by atoms with E-state index in [0.29, 0.717) is 25.2 Å². The molecular formula is C34H39N3O6. The van der Waals surface area contributed by atoms with Gasteiger partial charge in [-0.1, -0.05) is 74.7 Å². The van der Waals surface area contributed by atoms with E-state index in [0.717, 1.165) is 59.9 Å². The van der Waals surface area contributed by atoms with Crippen LogP contribution in [0.3, 0.4) is 0 Å². The van der Waals surface area contributed by atoms with Crippen molar-refractivity contribution in [2.45, 2.75) is 64.8 Å². The molecule has 43 heavy (non-hydrogen) atoms. The largest absolute Gasteiger partial charge is 0.494 e. The van der Waals surface area contributed by atoms with E-state index in [9.17, 15) is 14.4 Å². The van der Waals surface area contributed by atoms with E-state index in [-0.39, 0.29) is 23.4 Å². The second kappa shape index (κ2) is 15.5. The fraction of sp³-hybridized carbons (Fsp3) is 0.353. The minimum Gasteiger partial charge on any atom is -0.494 e. The summed E-state index contributed by atoms with van der Waals surface area (Å²) in [6.45, 7) is 4.66. The van der Waals surface area contributed by atoms with Crippen molar-refractivity contribution in [1.82, 2.24) is 10.5 Å². The SMILES string of the molecule is CC(C)C[C@H](NC(=O)CCCCCCCOc1ccc(-c2cc(C(=O)O)no2)cc1)C(=O)Nc1cccc2ccccc12. The Morgan fingerprint density at radius 3 is 2.37 bits per heavy atom. The maximum atomic E-state index is 13.1. The van der Waals surface area contributed by atoms with Crippen LogP contribution in [0.2, 0.25) is 0 Å². The zero-order chi connectivity index (χ0) is 30.6. The summed E-state index contributed by atoms with van der Waals surface area (Å²) in [6.07, 6.45) is 5.51. The van der Waals surface area contributed by atoms with Gasteiger partial charge in [0.2, 0.25) is 11.8 Å². The van der Waals surface area contributed by atoms with E-state index < -0.39 is 12.0 Å². The van der Waals surface area contributed by atoms with Gasteiger partial charge in [0, 0.05) is 29.1 Å². The number of carboxylic acid groups (broad SMARTS) is 1. The molecular weight excluding hydrogens is 546 g/mol. The van der Waals surface area contributed by atoms with E-state index in [4.69, 9.17) is 14.4 Å². The Bertz CT molecular complexity index is 1510. The molecule has 4 rings (SSSR count). The lowest BCUT2D eigenvalue weighted by atomic mass is 10.0. The van der Waals surface area contributed by atoms with Crippen LogP contribution in [0.15, 0.2) is 77.3 Å². The zero-order valence-electron chi connectivity index (χ0n) is 24.7. The van der Waals surface area contributed by atoms with Gasteiger partial charge >= 0.3 is 5.97 Å². The predicted octanol–water partition coefficient (Wildman–Crippen LogP) is 7.08. The molecule has 9 heteroatoms. The summed E-state index contributed by atoms with van der Waals surface area (Å²) in [5.41, 5.74) is 1.33. The third-order valence-electron chi connectivity index (χ3n) is 7.09. The molecule has 0 aliphatic heterocycles. The highest BCUT2D eigenvalue weighted by atomic mass is 16.5. The van der Waals surface area contributed by atoms with Crippen LogP contribution in [0.1, 0.15) is 69.3 Å². The lowest BCUT2D eigenvalue weighted by molar-refractivity contribution is -0.126. The number of carbonyl (C=O) groups excluding carboxylic acids is 2. The fourth-order valence-corrected chi connectivity index (χ4v) is 4.86. The minimum atomic E-state index is -1.13. The number of amides is 2. The van der Waals surface area contributed by atoms with Crippen molar-refractivity contribution in [1.29, 1.82) is 0 Å². The van der Waals surface area contributed by atoms with Gasteiger partial charge in [-0.3, -0.25) is 9.59 Å². The number of rotatable bonds is 16. The van der Waals surface area contributed by atoms with E-state index in [1.54, 1.807) is 12.1 Å². The molecule has 3 N–H and O–H groups in total. The van der Waals surface area contributed by atoms with Gasteiger partial charge in [-0.05, 0) is 60.9 Å². The lowest BCUT2D eigenvalue weighted by Gasteiger charge is -2.21. The Morgan fingerprint density at radius 1 is 0.907 bits per heavy atom. The fourth-order valence-electron chi connectivity index (χ4n) is 4.86. The highest BCUT2D eigenvalue weighted by molar-refractivity contribution is 6.04. The Morgan fingerprint density at radius 2 is 1.63 bits per heavy atom. The summed E-state index contributed by atoms with van der Waals surface area (Å²) < 4.78 is 10.9. The first-order valence-corrected chi connectivity index (χ1v) is 14.8. The molecule has 0 saturated carbocycles. The molecule has 0 bridgehead atoms. The van der Waals surface area contributed by atoms with Gasteiger partial charge in [-0.15, -0.1) is 0 Å². The Kier molecular flexibility index (Phi) is 11.3. The third kappa shape index (κ3) is 9.43. The minimum absolute atomic E-state index is 0.102. The number of nitrogens with one attached hydrogen (secondary N) is 2. The van der Waals surface area contributed by atoms with E-state index in [2.05, 4.69) is 15.8 Å². The van der Waals surface area contributed by atoms with Crippen LogP contribution in [0.4, 0.5) is 5.69 Å². The summed E-state index contributed by atoms with van der Waals surface area (Å²) in [4.78, 5) is 36.8. The molecule has 0 unspecified atom stereocenters. The van der Waals surface area contributed by atoms with Gasteiger partial charge in [-0.2, -0.15) is 0 Å². The van der Waals surface area contributed by atoms with Gasteiger partial charge in [0.1, 0.15) is 11.8 Å². The summed E-state index contributed by atoms with van der Waals surface area (Å²) in [6, 6.07) is 21.7. The molecule has 0 spiro atoms. The number of anilines is 1. The number of aromatic carboxylic acids is 1. The molecule has 0 fully saturated rings. The molecule has 9 nitrogen and oxygen atoms in total. The van der Waals surface area contributed by atoms with Gasteiger partial charge in [-0.25, -0.2) is 4.79 Å². The lowest BCUT2D eigenvalue weighted by Crippen LogP contribution is -2.44. The van der Waals surface area contributed by atoms with Crippen LogP contribution in [0, 0.1) is 5.92 Å². The molecule has 4 aromatic rings. The summed E-state index contributed by atoms with van der Waals surface area (Å²) in [5.74, 6) is -0.0698. The molecule has 0 aliphatic rings. The smallest absolute Gasteiger partial charge is 0.358 e. The first-order chi connectivity index (χ1) is 20.8. The normalized spacial score (nSPS) is 11.8. The van der Waals surface area contributed by atoms with Crippen molar-refractivity contribution >= 4 is 34.2 Å². The van der Waals surface area contributed by atoms with E-state index in [1.807, 2.05) is 68.4 Å². The van der Waals surface area contributed by atoms with Crippen LogP contribution in [-0.4, -0.2) is 40.7 Å². The van der Waals surface area contributed by atoms with Crippen molar-refractivity contribution in [3.8, 4) is 17.1 Å². The van der Waals surface area contributed by atoms with Crippen molar-refractivity contribution in [3.05, 3.63) is 78.5 Å². The highest BCUT2D eigenvalue weighted by Crippen LogP contribution is 2.25. The predicted molar refractivity (Wildman–Crippen MR) is 166 cm³/mol. The summed E-state index contributed by atoms with van der Waals surface area (Å²) in [7, 11) is 0. The Hall–Kier alpha value is -4.66. The molecule has 226 valence electrons. The van der Waals surface area contributed by atoms with E-state index in [1.165, 1.54) is 6.07 Å². The topological polar surface area (TPSA) is 131 Å². The quantitative estimate of drug-likeness (QED) is 0.120. The number of nitrogens with zero attached hydrogens (tertiary/aromatic N) is 1. The number of fused-ring (bicyclic) bond motifs is 1. The number of hydrogen-bond acceptors (Lipinski definition) is 6. The second-order valence-corrected chi connectivity index (χ2v) is 11.0. The Balaban J connectivity index is 1.12. The van der Waals surface area contributed by atoms with E-state index >= 15 is 0 Å². The maximum Gasteiger partial charge on any atom is 0.358 e. The van der Waals surface area contributed by atoms with Gasteiger partial charge < -0.3 is 25.0 Å². The van der Waals surface area contributed by atoms with Gasteiger partial charge in [0.25, 0.3) is 0 Å². The third-order valence-corrected chi connectivity index (χ3v) is 7.09. The number of carboxylic acids is 1. The Labute approximate surface area is 251 Å². The van der Waals surface area contributed by atoms with Crippen LogP contribution >= 0.6 is 0 Å². The molecule has 1 heterocycles. The van der Waals surface area contributed by atoms with Crippen molar-refractivity contribution in [3.63, 3.8) is 0 Å². The maximum absolute atomic E-state index is 13.1. The molecule has 0 aliphatic carbocycles. The first kappa shape index (κ1) is 31.3. The molecule has 0 saturated heterocycles. The number of carbonyl (C=O) groups is 3. The standard InChI is InChI=1S/C34H39N3O6/c1-23(2)21-29(33(39)36-28-14-10-12-24-11-7-8-13-27(24)28)35-32(38)15-6-4-3-5-9-20-42-26-18-16-25(17-19-26)31-22-30(34(40)41)37-43-31/h7-8,10-14,16-19,22-23,29H,3-6,9,15,20-21H2,1-2H3,(H,35,38)(H,36,39)(H,40,41)/t29-/m0/s1. The zero-order valence-corrected chi connectivity index (χ0v) is 24.7. The first-order valence-electron chi connectivity index (χ1n) is 14.8. The number of ether oxygens (including phenoxy) is 1. The van der Waals surface area contributed by atoms with Gasteiger partial charge in [0.15, 0.2) is 11.5 Å². The summed E-state index contributed by atoms with van der Waals surface area (Å²) >= 11 is 0. The van der Waals surface area contributed by atoms with Crippen molar-refractivity contribution < 1.29 is 28.8 Å². The van der Waals surface area contributed by atoms with Crippen LogP contribution in [0.5, 0.6) is 5.75 Å². The van der Waals surface area contributed by atoms with Crippen molar-refractivity contribution in [2.75, 3.05) is 11.9 Å². The molecule has 2 amide bonds. The monoisotopic (exact) mass is 585 g/mol. The highest BCUT2D eigenvalue weighted by Gasteiger charge is 2.22. The number of benzene rings is 3. The van der Waals surface area contributed by atoms with Crippen molar-refractivity contribution in [2.24, 2.45) is 5.92 Å². The van der Waals surface area contributed by atoms with Crippen LogP contribution in [-0.2, 0) is 9.59 Å². The number of hydrogen-bond donors (Lipinski definition) is 3. The molecule has 1 atom stereocenters.